The summed E-state index contributed by atoms with van der Waals surface area (Å²) in [6.07, 6.45) is 6.09. The first-order chi connectivity index (χ1) is 12.7. The molecule has 3 aromatic rings. The zero-order valence-corrected chi connectivity index (χ0v) is 14.3. The van der Waals surface area contributed by atoms with Crippen LogP contribution in [-0.2, 0) is 0 Å². The predicted molar refractivity (Wildman–Crippen MR) is 95.4 cm³/mol. The minimum absolute atomic E-state index is 0.0192. The monoisotopic (exact) mass is 350 g/mol. The number of likely N-dealkylation sites (tertiary alicyclic amines) is 1. The number of piperidine rings is 1. The Balaban J connectivity index is 1.59. The Morgan fingerprint density at radius 2 is 1.81 bits per heavy atom. The second-order valence-electron chi connectivity index (χ2n) is 6.48. The molecule has 1 aliphatic heterocycles. The molecule has 6 heteroatoms. The van der Waals surface area contributed by atoms with Crippen molar-refractivity contribution in [2.24, 2.45) is 0 Å². The summed E-state index contributed by atoms with van der Waals surface area (Å²) in [7, 11) is 0. The van der Waals surface area contributed by atoms with Crippen molar-refractivity contribution >= 4 is 5.91 Å². The van der Waals surface area contributed by atoms with Crippen LogP contribution in [0.2, 0.25) is 0 Å². The van der Waals surface area contributed by atoms with Gasteiger partial charge in [0, 0.05) is 17.8 Å². The van der Waals surface area contributed by atoms with Gasteiger partial charge in [-0.3, -0.25) is 9.36 Å². The molecule has 1 unspecified atom stereocenters. The van der Waals surface area contributed by atoms with Crippen LogP contribution < -0.4 is 0 Å². The molecule has 5 nitrogen and oxygen atoms in total. The van der Waals surface area contributed by atoms with Gasteiger partial charge in [0.1, 0.15) is 18.5 Å². The quantitative estimate of drug-likeness (QED) is 0.722. The molecule has 2 heterocycles. The molecule has 4 rings (SSSR count). The Kier molecular flexibility index (Phi) is 4.48. The Bertz CT molecular complexity index is 892. The Labute approximate surface area is 151 Å². The number of aromatic nitrogens is 3. The molecule has 0 bridgehead atoms. The lowest BCUT2D eigenvalue weighted by atomic mass is 9.94. The molecule has 0 spiro atoms. The summed E-state index contributed by atoms with van der Waals surface area (Å²) in [5.41, 5.74) is 2.39. The van der Waals surface area contributed by atoms with Crippen molar-refractivity contribution in [3.05, 3.63) is 78.1 Å². The van der Waals surface area contributed by atoms with Gasteiger partial charge < -0.3 is 4.90 Å². The van der Waals surface area contributed by atoms with Crippen molar-refractivity contribution in [1.29, 1.82) is 0 Å². The zero-order valence-electron chi connectivity index (χ0n) is 14.3. The topological polar surface area (TPSA) is 51.0 Å². The highest BCUT2D eigenvalue weighted by atomic mass is 19.1. The minimum Gasteiger partial charge on any atom is -0.332 e. The smallest absolute Gasteiger partial charge is 0.254 e. The normalized spacial score (nSPS) is 17.3. The molecule has 1 aliphatic rings. The highest BCUT2D eigenvalue weighted by molar-refractivity contribution is 5.94. The van der Waals surface area contributed by atoms with E-state index in [1.165, 1.54) is 12.1 Å². The first-order valence-corrected chi connectivity index (χ1v) is 8.74. The van der Waals surface area contributed by atoms with Crippen LogP contribution >= 0.6 is 0 Å². The average Bonchev–Trinajstić information content (AvgIpc) is 3.22. The molecular formula is C20H19FN4O. The van der Waals surface area contributed by atoms with Crippen molar-refractivity contribution in [2.75, 3.05) is 6.54 Å². The maximum absolute atomic E-state index is 13.6. The molecule has 0 N–H and O–H groups in total. The van der Waals surface area contributed by atoms with E-state index in [1.54, 1.807) is 23.3 Å². The van der Waals surface area contributed by atoms with E-state index >= 15 is 0 Å². The second kappa shape index (κ2) is 7.07. The number of hydrogen-bond acceptors (Lipinski definition) is 3. The van der Waals surface area contributed by atoms with E-state index in [0.717, 1.165) is 30.5 Å². The Hall–Kier alpha value is -3.02. The van der Waals surface area contributed by atoms with Gasteiger partial charge in [-0.1, -0.05) is 12.1 Å². The summed E-state index contributed by atoms with van der Waals surface area (Å²) >= 11 is 0. The van der Waals surface area contributed by atoms with Gasteiger partial charge in [0.05, 0.1) is 6.04 Å². The van der Waals surface area contributed by atoms with E-state index in [-0.39, 0.29) is 17.8 Å². The summed E-state index contributed by atoms with van der Waals surface area (Å²) in [5, 5.41) is 7.57. The molecule has 1 saturated heterocycles. The summed E-state index contributed by atoms with van der Waals surface area (Å²) in [5.74, 6) is -0.284. The van der Waals surface area contributed by atoms with Crippen LogP contribution in [0.3, 0.4) is 0 Å². The van der Waals surface area contributed by atoms with Crippen molar-refractivity contribution in [1.82, 2.24) is 19.7 Å². The summed E-state index contributed by atoms with van der Waals surface area (Å²) in [6, 6.07) is 13.9. The maximum atomic E-state index is 13.6. The van der Waals surface area contributed by atoms with Crippen molar-refractivity contribution in [3.8, 4) is 5.69 Å². The maximum Gasteiger partial charge on any atom is 0.254 e. The van der Waals surface area contributed by atoms with Gasteiger partial charge in [0.15, 0.2) is 0 Å². The van der Waals surface area contributed by atoms with Crippen molar-refractivity contribution in [3.63, 3.8) is 0 Å². The molecule has 0 radical (unpaired) electrons. The molecule has 1 aromatic heterocycles. The van der Waals surface area contributed by atoms with E-state index in [0.29, 0.717) is 12.1 Å². The van der Waals surface area contributed by atoms with Gasteiger partial charge in [-0.25, -0.2) is 4.39 Å². The van der Waals surface area contributed by atoms with E-state index in [4.69, 9.17) is 0 Å². The number of rotatable bonds is 3. The van der Waals surface area contributed by atoms with E-state index in [1.807, 2.05) is 35.2 Å². The number of hydrogen-bond donors (Lipinski definition) is 0. The van der Waals surface area contributed by atoms with Gasteiger partial charge in [-0.2, -0.15) is 0 Å². The average molecular weight is 350 g/mol. The van der Waals surface area contributed by atoms with Crippen LogP contribution in [0.15, 0.2) is 61.2 Å². The van der Waals surface area contributed by atoms with E-state index in [2.05, 4.69) is 10.2 Å². The van der Waals surface area contributed by atoms with Crippen LogP contribution in [0.1, 0.15) is 41.2 Å². The summed E-state index contributed by atoms with van der Waals surface area (Å²) < 4.78 is 15.4. The predicted octanol–water partition coefficient (Wildman–Crippen LogP) is 3.77. The number of amides is 1. The molecule has 1 atom stereocenters. The van der Waals surface area contributed by atoms with E-state index < -0.39 is 0 Å². The minimum atomic E-state index is -0.265. The number of carbonyl (C=O) groups excluding carboxylic acids is 1. The van der Waals surface area contributed by atoms with Gasteiger partial charge in [0.2, 0.25) is 0 Å². The summed E-state index contributed by atoms with van der Waals surface area (Å²) in [4.78, 5) is 14.9. The molecular weight excluding hydrogens is 331 g/mol. The lowest BCUT2D eigenvalue weighted by Crippen LogP contribution is -2.38. The Morgan fingerprint density at radius 3 is 2.54 bits per heavy atom. The highest BCUT2D eigenvalue weighted by Crippen LogP contribution is 2.32. The SMILES string of the molecule is O=C(c1ccc(-n2cnnc2)cc1)N1CCCCC1c1cccc(F)c1. The molecule has 0 aliphatic carbocycles. The third-order valence-electron chi connectivity index (χ3n) is 4.83. The fraction of sp³-hybridized carbons (Fsp3) is 0.250. The van der Waals surface area contributed by atoms with Crippen LogP contribution in [0.5, 0.6) is 0 Å². The molecule has 0 saturated carbocycles. The second-order valence-corrected chi connectivity index (χ2v) is 6.48. The highest BCUT2D eigenvalue weighted by Gasteiger charge is 2.28. The van der Waals surface area contributed by atoms with Gasteiger partial charge in [-0.15, -0.1) is 10.2 Å². The molecule has 26 heavy (non-hydrogen) atoms. The van der Waals surface area contributed by atoms with Gasteiger partial charge in [0.25, 0.3) is 5.91 Å². The summed E-state index contributed by atoms with van der Waals surface area (Å²) in [6.45, 7) is 0.688. The van der Waals surface area contributed by atoms with Crippen molar-refractivity contribution in [2.45, 2.75) is 25.3 Å². The molecule has 1 fully saturated rings. The Morgan fingerprint density at radius 1 is 1.04 bits per heavy atom. The van der Waals surface area contributed by atoms with Gasteiger partial charge >= 0.3 is 0 Å². The number of nitrogens with zero attached hydrogens (tertiary/aromatic N) is 4. The first-order valence-electron chi connectivity index (χ1n) is 8.74. The van der Waals surface area contributed by atoms with Gasteiger partial charge in [-0.05, 0) is 61.2 Å². The van der Waals surface area contributed by atoms with Crippen LogP contribution in [0, 0.1) is 5.82 Å². The lowest BCUT2D eigenvalue weighted by molar-refractivity contribution is 0.0611. The molecule has 2 aromatic carbocycles. The van der Waals surface area contributed by atoms with Crippen LogP contribution in [0.4, 0.5) is 4.39 Å². The molecule has 1 amide bonds. The van der Waals surface area contributed by atoms with Crippen molar-refractivity contribution < 1.29 is 9.18 Å². The number of benzene rings is 2. The zero-order chi connectivity index (χ0) is 17.9. The lowest BCUT2D eigenvalue weighted by Gasteiger charge is -2.36. The third kappa shape index (κ3) is 3.22. The van der Waals surface area contributed by atoms with Crippen LogP contribution in [0.25, 0.3) is 5.69 Å². The van der Waals surface area contributed by atoms with E-state index in [9.17, 15) is 9.18 Å². The number of halogens is 1. The van der Waals surface area contributed by atoms with Crippen LogP contribution in [-0.4, -0.2) is 32.1 Å². The fourth-order valence-corrected chi connectivity index (χ4v) is 3.51. The molecule has 132 valence electrons. The third-order valence-corrected chi connectivity index (χ3v) is 4.83. The standard InChI is InChI=1S/C20H19FN4O/c21-17-5-3-4-16(12-17)19-6-1-2-11-25(19)20(26)15-7-9-18(10-8-15)24-13-22-23-14-24/h3-5,7-10,12-14,19H,1-2,6,11H2. The largest absolute Gasteiger partial charge is 0.332 e. The fourth-order valence-electron chi connectivity index (χ4n) is 3.51. The number of carbonyl (C=O) groups is 1. The first kappa shape index (κ1) is 16.4.